The Kier molecular flexibility index (Phi) is 5.65. The Bertz CT molecular complexity index is 458. The highest BCUT2D eigenvalue weighted by Gasteiger charge is 2.22. The van der Waals surface area contributed by atoms with E-state index in [4.69, 9.17) is 5.73 Å². The summed E-state index contributed by atoms with van der Waals surface area (Å²) in [7, 11) is 2.17. The molecular weight excluding hydrogens is 258 g/mol. The number of fused-ring (bicyclic) bond motifs is 1. The largest absolute Gasteiger partial charge is 0.374 e. The van der Waals surface area contributed by atoms with Gasteiger partial charge in [0.25, 0.3) is 0 Å². The van der Waals surface area contributed by atoms with E-state index in [1.54, 1.807) is 0 Å². The summed E-state index contributed by atoms with van der Waals surface area (Å²) in [6.45, 7) is 10.9. The monoisotopic (exact) mass is 289 g/mol. The molecule has 1 aliphatic rings. The van der Waals surface area contributed by atoms with E-state index in [1.807, 2.05) is 0 Å². The maximum absolute atomic E-state index is 6.12. The van der Waals surface area contributed by atoms with Crippen LogP contribution in [0.2, 0.25) is 0 Å². The van der Waals surface area contributed by atoms with Gasteiger partial charge in [0.1, 0.15) is 0 Å². The zero-order valence-corrected chi connectivity index (χ0v) is 14.1. The summed E-state index contributed by atoms with van der Waals surface area (Å²) in [5, 5.41) is 0. The van der Waals surface area contributed by atoms with E-state index in [2.05, 4.69) is 55.8 Å². The van der Waals surface area contributed by atoms with Crippen molar-refractivity contribution < 1.29 is 0 Å². The van der Waals surface area contributed by atoms with E-state index < -0.39 is 0 Å². The summed E-state index contributed by atoms with van der Waals surface area (Å²) >= 11 is 0. The molecule has 1 aliphatic heterocycles. The second-order valence-corrected chi connectivity index (χ2v) is 6.41. The van der Waals surface area contributed by atoms with E-state index in [1.165, 1.54) is 23.2 Å². The van der Waals surface area contributed by atoms with Gasteiger partial charge in [0.05, 0.1) is 0 Å². The molecule has 2 rings (SSSR count). The molecule has 0 aliphatic carbocycles. The molecule has 0 saturated heterocycles. The lowest BCUT2D eigenvalue weighted by atomic mass is 9.99. The molecule has 1 aromatic carbocycles. The molecule has 0 spiro atoms. The summed E-state index contributed by atoms with van der Waals surface area (Å²) in [4.78, 5) is 4.88. The molecule has 2 N–H and O–H groups in total. The van der Waals surface area contributed by atoms with Gasteiger partial charge in [-0.3, -0.25) is 4.90 Å². The molecule has 1 aromatic rings. The minimum atomic E-state index is 0.347. The molecular formula is C18H31N3. The number of benzene rings is 1. The highest BCUT2D eigenvalue weighted by atomic mass is 15.2. The lowest BCUT2D eigenvalue weighted by molar-refractivity contribution is 0.182. The highest BCUT2D eigenvalue weighted by molar-refractivity contribution is 5.58. The SMILES string of the molecule is CCC(C)CN(CC)C(CN)c1ccc2c(c1)CCN2C. The van der Waals surface area contributed by atoms with Crippen molar-refractivity contribution >= 4 is 5.69 Å². The lowest BCUT2D eigenvalue weighted by Crippen LogP contribution is -2.36. The number of hydrogen-bond donors (Lipinski definition) is 1. The smallest absolute Gasteiger partial charge is 0.0470 e. The fourth-order valence-electron chi connectivity index (χ4n) is 3.30. The van der Waals surface area contributed by atoms with Crippen molar-refractivity contribution in [2.24, 2.45) is 11.7 Å². The van der Waals surface area contributed by atoms with Crippen LogP contribution in [0.3, 0.4) is 0 Å². The molecule has 3 heteroatoms. The van der Waals surface area contributed by atoms with Crippen molar-refractivity contribution in [2.75, 3.05) is 38.1 Å². The average Bonchev–Trinajstić information content (AvgIpc) is 2.87. The van der Waals surface area contributed by atoms with Crippen molar-refractivity contribution in [3.05, 3.63) is 29.3 Å². The number of nitrogens with two attached hydrogens (primary N) is 1. The summed E-state index contributed by atoms with van der Waals surface area (Å²) in [6.07, 6.45) is 2.39. The van der Waals surface area contributed by atoms with Gasteiger partial charge in [-0.2, -0.15) is 0 Å². The maximum Gasteiger partial charge on any atom is 0.0470 e. The molecule has 2 unspecified atom stereocenters. The molecule has 0 fully saturated rings. The van der Waals surface area contributed by atoms with Gasteiger partial charge in [-0.15, -0.1) is 0 Å². The van der Waals surface area contributed by atoms with Crippen LogP contribution in [-0.2, 0) is 6.42 Å². The van der Waals surface area contributed by atoms with Crippen molar-refractivity contribution in [3.63, 3.8) is 0 Å². The first-order chi connectivity index (χ1) is 10.1. The minimum absolute atomic E-state index is 0.347. The highest BCUT2D eigenvalue weighted by Crippen LogP contribution is 2.31. The van der Waals surface area contributed by atoms with Crippen LogP contribution in [0.15, 0.2) is 18.2 Å². The third-order valence-corrected chi connectivity index (χ3v) is 4.93. The summed E-state index contributed by atoms with van der Waals surface area (Å²) < 4.78 is 0. The molecule has 21 heavy (non-hydrogen) atoms. The normalized spacial score (nSPS) is 17.1. The Morgan fingerprint density at radius 1 is 1.33 bits per heavy atom. The second-order valence-electron chi connectivity index (χ2n) is 6.41. The van der Waals surface area contributed by atoms with Gasteiger partial charge >= 0.3 is 0 Å². The van der Waals surface area contributed by atoms with Crippen LogP contribution in [0.25, 0.3) is 0 Å². The molecule has 0 bridgehead atoms. The van der Waals surface area contributed by atoms with E-state index in [-0.39, 0.29) is 0 Å². The van der Waals surface area contributed by atoms with Gasteiger partial charge in [-0.1, -0.05) is 39.3 Å². The predicted octanol–water partition coefficient (Wildman–Crippen LogP) is 3.05. The molecule has 0 amide bonds. The maximum atomic E-state index is 6.12. The Hall–Kier alpha value is -1.06. The van der Waals surface area contributed by atoms with Crippen LogP contribution < -0.4 is 10.6 Å². The van der Waals surface area contributed by atoms with E-state index >= 15 is 0 Å². The lowest BCUT2D eigenvalue weighted by Gasteiger charge is -2.32. The number of likely N-dealkylation sites (N-methyl/N-ethyl adjacent to an activating group) is 2. The van der Waals surface area contributed by atoms with Crippen LogP contribution in [0.1, 0.15) is 44.4 Å². The van der Waals surface area contributed by atoms with Crippen LogP contribution in [0.4, 0.5) is 5.69 Å². The molecule has 1 heterocycles. The Morgan fingerprint density at radius 3 is 2.71 bits per heavy atom. The molecule has 118 valence electrons. The van der Waals surface area contributed by atoms with E-state index in [9.17, 15) is 0 Å². The van der Waals surface area contributed by atoms with Gasteiger partial charge < -0.3 is 10.6 Å². The van der Waals surface area contributed by atoms with Gasteiger partial charge in [0.2, 0.25) is 0 Å². The zero-order chi connectivity index (χ0) is 15.4. The summed E-state index contributed by atoms with van der Waals surface area (Å²) in [5.74, 6) is 0.722. The number of nitrogens with zero attached hydrogens (tertiary/aromatic N) is 2. The van der Waals surface area contributed by atoms with Crippen molar-refractivity contribution in [1.82, 2.24) is 4.90 Å². The third-order valence-electron chi connectivity index (χ3n) is 4.93. The first-order valence-corrected chi connectivity index (χ1v) is 8.38. The fraction of sp³-hybridized carbons (Fsp3) is 0.667. The molecule has 0 saturated carbocycles. The number of anilines is 1. The summed E-state index contributed by atoms with van der Waals surface area (Å²) in [6, 6.07) is 7.28. The zero-order valence-electron chi connectivity index (χ0n) is 14.1. The Labute approximate surface area is 130 Å². The molecule has 0 radical (unpaired) electrons. The minimum Gasteiger partial charge on any atom is -0.374 e. The molecule has 2 atom stereocenters. The van der Waals surface area contributed by atoms with Crippen LogP contribution >= 0.6 is 0 Å². The molecule has 3 nitrogen and oxygen atoms in total. The topological polar surface area (TPSA) is 32.5 Å². The van der Waals surface area contributed by atoms with Crippen molar-refractivity contribution in [2.45, 2.75) is 39.7 Å². The second kappa shape index (κ2) is 7.28. The van der Waals surface area contributed by atoms with Crippen LogP contribution in [0.5, 0.6) is 0 Å². The quantitative estimate of drug-likeness (QED) is 0.837. The third kappa shape index (κ3) is 3.58. The standard InChI is InChI=1S/C18H31N3/c1-5-14(3)13-21(6-2)18(12-19)15-7-8-17-16(11-15)9-10-20(17)4/h7-8,11,14,18H,5-6,9-10,12-13,19H2,1-4H3. The first-order valence-electron chi connectivity index (χ1n) is 8.38. The Balaban J connectivity index is 2.20. The summed E-state index contributed by atoms with van der Waals surface area (Å²) in [5.41, 5.74) is 10.4. The van der Waals surface area contributed by atoms with Crippen LogP contribution in [-0.4, -0.2) is 38.1 Å². The van der Waals surface area contributed by atoms with Gasteiger partial charge in [-0.05, 0) is 36.1 Å². The number of hydrogen-bond acceptors (Lipinski definition) is 3. The Morgan fingerprint density at radius 2 is 2.10 bits per heavy atom. The van der Waals surface area contributed by atoms with Crippen molar-refractivity contribution in [1.29, 1.82) is 0 Å². The van der Waals surface area contributed by atoms with Gasteiger partial charge in [-0.25, -0.2) is 0 Å². The van der Waals surface area contributed by atoms with Gasteiger partial charge in [0, 0.05) is 38.4 Å². The first kappa shape index (κ1) is 16.3. The van der Waals surface area contributed by atoms with Crippen molar-refractivity contribution in [3.8, 4) is 0 Å². The molecule has 0 aromatic heterocycles. The van der Waals surface area contributed by atoms with Gasteiger partial charge in [0.15, 0.2) is 0 Å². The van der Waals surface area contributed by atoms with E-state index in [0.717, 1.165) is 32.0 Å². The fourth-order valence-corrected chi connectivity index (χ4v) is 3.30. The average molecular weight is 289 g/mol. The van der Waals surface area contributed by atoms with E-state index in [0.29, 0.717) is 12.6 Å². The van der Waals surface area contributed by atoms with Crippen LogP contribution in [0, 0.1) is 5.92 Å². The predicted molar refractivity (Wildman–Crippen MR) is 91.9 cm³/mol. The number of rotatable bonds is 7.